The second kappa shape index (κ2) is 10.6. The molecule has 2 fully saturated rings. The summed E-state index contributed by atoms with van der Waals surface area (Å²) in [5.74, 6) is 0.674. The first-order valence-corrected chi connectivity index (χ1v) is 11.8. The number of aromatic nitrogens is 2. The molecule has 9 nitrogen and oxygen atoms in total. The van der Waals surface area contributed by atoms with Gasteiger partial charge in [0.05, 0.1) is 17.4 Å². The Balaban J connectivity index is 1.49. The van der Waals surface area contributed by atoms with Gasteiger partial charge in [-0.15, -0.1) is 0 Å². The van der Waals surface area contributed by atoms with E-state index < -0.39 is 0 Å². The zero-order chi connectivity index (χ0) is 23.2. The van der Waals surface area contributed by atoms with Gasteiger partial charge in [-0.3, -0.25) is 14.9 Å². The number of benzene rings is 1. The van der Waals surface area contributed by atoms with Crippen LogP contribution in [0.4, 0.5) is 17.3 Å². The number of nitrogens with zero attached hydrogens (tertiary/aromatic N) is 5. The van der Waals surface area contributed by atoms with Gasteiger partial charge in [-0.2, -0.15) is 0 Å². The molecule has 0 N–H and O–H groups in total. The van der Waals surface area contributed by atoms with Gasteiger partial charge in [-0.1, -0.05) is 30.3 Å². The Hall–Kier alpha value is -3.23. The van der Waals surface area contributed by atoms with Crippen LogP contribution < -0.4 is 9.80 Å². The Kier molecular flexibility index (Phi) is 7.36. The number of carbonyl (C=O) groups excluding carboxylic acids is 1. The molecule has 0 bridgehead atoms. The maximum atomic E-state index is 12.2. The van der Waals surface area contributed by atoms with Crippen molar-refractivity contribution >= 4 is 23.3 Å². The molecule has 0 aliphatic carbocycles. The largest absolute Gasteiger partial charge is 0.466 e. The fourth-order valence-electron chi connectivity index (χ4n) is 4.90. The summed E-state index contributed by atoms with van der Waals surface area (Å²) in [7, 11) is 0. The number of nitro groups is 1. The number of ether oxygens (including phenoxy) is 1. The summed E-state index contributed by atoms with van der Waals surface area (Å²) in [6.45, 7) is 4.54. The quantitative estimate of drug-likeness (QED) is 0.356. The molecule has 33 heavy (non-hydrogen) atoms. The lowest BCUT2D eigenvalue weighted by Crippen LogP contribution is -2.40. The van der Waals surface area contributed by atoms with Crippen LogP contribution in [-0.2, 0) is 16.0 Å². The molecule has 9 heteroatoms. The smallest absolute Gasteiger partial charge is 0.353 e. The van der Waals surface area contributed by atoms with E-state index in [-0.39, 0.29) is 22.5 Å². The van der Waals surface area contributed by atoms with Crippen molar-refractivity contribution in [3.8, 4) is 0 Å². The van der Waals surface area contributed by atoms with E-state index in [1.54, 1.807) is 6.92 Å². The van der Waals surface area contributed by atoms with Gasteiger partial charge in [0.2, 0.25) is 11.6 Å². The second-order valence-corrected chi connectivity index (χ2v) is 8.78. The molecule has 2 aliphatic heterocycles. The fraction of sp³-hybridized carbons (Fsp3) is 0.542. The van der Waals surface area contributed by atoms with E-state index in [0.29, 0.717) is 37.3 Å². The predicted octanol–water partition coefficient (Wildman–Crippen LogP) is 3.62. The monoisotopic (exact) mass is 453 g/mol. The Labute approximate surface area is 193 Å². The molecule has 1 aromatic heterocycles. The van der Waals surface area contributed by atoms with Crippen LogP contribution in [0.5, 0.6) is 0 Å². The molecule has 2 saturated heterocycles. The van der Waals surface area contributed by atoms with Crippen molar-refractivity contribution in [1.29, 1.82) is 0 Å². The number of carbonyl (C=O) groups is 1. The molecule has 0 spiro atoms. The predicted molar refractivity (Wildman–Crippen MR) is 125 cm³/mol. The minimum absolute atomic E-state index is 0.0662. The number of esters is 1. The van der Waals surface area contributed by atoms with Crippen molar-refractivity contribution in [3.63, 3.8) is 0 Å². The van der Waals surface area contributed by atoms with Gasteiger partial charge in [-0.25, -0.2) is 9.97 Å². The number of hydrogen-bond donors (Lipinski definition) is 0. The van der Waals surface area contributed by atoms with Gasteiger partial charge in [0.15, 0.2) is 0 Å². The van der Waals surface area contributed by atoms with E-state index in [9.17, 15) is 14.9 Å². The first-order valence-electron chi connectivity index (χ1n) is 11.8. The molecule has 4 rings (SSSR count). The van der Waals surface area contributed by atoms with E-state index in [1.165, 1.54) is 11.9 Å². The standard InChI is InChI=1S/C24H31N5O4/c1-2-33-24(30)20-9-6-12-28(16-20)23-21(29(31)32)22(25-17-26-23)27-13-10-19(11-14-27)15-18-7-4-3-5-8-18/h3-5,7-8,17,19-20H,2,6,9-16H2,1H3. The van der Waals surface area contributed by atoms with Gasteiger partial charge in [0.25, 0.3) is 0 Å². The Morgan fingerprint density at radius 2 is 1.79 bits per heavy atom. The highest BCUT2D eigenvalue weighted by Crippen LogP contribution is 2.37. The van der Waals surface area contributed by atoms with E-state index >= 15 is 0 Å². The molecule has 3 heterocycles. The normalized spacial score (nSPS) is 19.4. The summed E-state index contributed by atoms with van der Waals surface area (Å²) in [5.41, 5.74) is 1.26. The molecular weight excluding hydrogens is 422 g/mol. The maximum absolute atomic E-state index is 12.2. The molecule has 1 aromatic carbocycles. The third-order valence-electron chi connectivity index (χ3n) is 6.59. The number of piperidine rings is 2. The topological polar surface area (TPSA) is 102 Å². The van der Waals surface area contributed by atoms with Gasteiger partial charge >= 0.3 is 11.7 Å². The lowest BCUT2D eigenvalue weighted by molar-refractivity contribution is -0.383. The Morgan fingerprint density at radius 3 is 2.45 bits per heavy atom. The van der Waals surface area contributed by atoms with E-state index in [1.807, 2.05) is 15.9 Å². The molecular formula is C24H31N5O4. The minimum atomic E-state index is -0.380. The van der Waals surface area contributed by atoms with E-state index in [2.05, 4.69) is 34.2 Å². The molecule has 1 unspecified atom stereocenters. The van der Waals surface area contributed by atoms with Crippen LogP contribution in [0.2, 0.25) is 0 Å². The lowest BCUT2D eigenvalue weighted by atomic mass is 9.90. The number of anilines is 2. The molecule has 2 aromatic rings. The van der Waals surface area contributed by atoms with Crippen molar-refractivity contribution < 1.29 is 14.5 Å². The van der Waals surface area contributed by atoms with Crippen LogP contribution in [0.25, 0.3) is 0 Å². The first kappa shape index (κ1) is 22.9. The molecule has 2 aliphatic rings. The molecule has 0 amide bonds. The van der Waals surface area contributed by atoms with Crippen LogP contribution in [0.1, 0.15) is 38.2 Å². The Morgan fingerprint density at radius 1 is 1.09 bits per heavy atom. The zero-order valence-electron chi connectivity index (χ0n) is 19.1. The zero-order valence-corrected chi connectivity index (χ0v) is 19.1. The van der Waals surface area contributed by atoms with Crippen molar-refractivity contribution in [1.82, 2.24) is 9.97 Å². The highest BCUT2D eigenvalue weighted by atomic mass is 16.6. The van der Waals surface area contributed by atoms with Crippen molar-refractivity contribution in [2.24, 2.45) is 11.8 Å². The van der Waals surface area contributed by atoms with Gasteiger partial charge < -0.3 is 14.5 Å². The highest BCUT2D eigenvalue weighted by molar-refractivity contribution is 5.75. The third-order valence-corrected chi connectivity index (χ3v) is 6.59. The summed E-state index contributed by atoms with van der Waals surface area (Å²) < 4.78 is 5.17. The molecule has 176 valence electrons. The first-order chi connectivity index (χ1) is 16.1. The van der Waals surface area contributed by atoms with E-state index in [0.717, 1.165) is 45.2 Å². The summed E-state index contributed by atoms with van der Waals surface area (Å²) >= 11 is 0. The van der Waals surface area contributed by atoms with Crippen LogP contribution >= 0.6 is 0 Å². The lowest BCUT2D eigenvalue weighted by Gasteiger charge is -2.34. The van der Waals surface area contributed by atoms with Gasteiger partial charge in [-0.05, 0) is 50.5 Å². The molecule has 0 saturated carbocycles. The summed E-state index contributed by atoms with van der Waals surface area (Å²) in [6, 6.07) is 10.4. The second-order valence-electron chi connectivity index (χ2n) is 8.78. The van der Waals surface area contributed by atoms with Gasteiger partial charge in [0.1, 0.15) is 6.33 Å². The van der Waals surface area contributed by atoms with Crippen LogP contribution in [0.3, 0.4) is 0 Å². The average Bonchev–Trinajstić information content (AvgIpc) is 2.85. The third kappa shape index (κ3) is 5.40. The van der Waals surface area contributed by atoms with Crippen molar-refractivity contribution in [3.05, 3.63) is 52.3 Å². The number of rotatable bonds is 7. The average molecular weight is 454 g/mol. The van der Waals surface area contributed by atoms with Crippen LogP contribution in [0, 0.1) is 22.0 Å². The van der Waals surface area contributed by atoms with Crippen LogP contribution in [-0.4, -0.2) is 53.6 Å². The van der Waals surface area contributed by atoms with Crippen molar-refractivity contribution in [2.75, 3.05) is 42.6 Å². The maximum Gasteiger partial charge on any atom is 0.353 e. The Bertz CT molecular complexity index is 963. The van der Waals surface area contributed by atoms with Crippen LogP contribution in [0.15, 0.2) is 36.7 Å². The molecule has 1 atom stereocenters. The number of hydrogen-bond acceptors (Lipinski definition) is 8. The summed E-state index contributed by atoms with van der Waals surface area (Å²) in [5, 5.41) is 12.1. The van der Waals surface area contributed by atoms with Crippen molar-refractivity contribution in [2.45, 2.75) is 39.0 Å². The SMILES string of the molecule is CCOC(=O)C1CCCN(c2ncnc(N3CCC(Cc4ccccc4)CC3)c2[N+](=O)[O-])C1. The summed E-state index contributed by atoms with van der Waals surface area (Å²) in [6.07, 6.45) is 5.82. The minimum Gasteiger partial charge on any atom is -0.466 e. The van der Waals surface area contributed by atoms with E-state index in [4.69, 9.17) is 4.74 Å². The summed E-state index contributed by atoms with van der Waals surface area (Å²) in [4.78, 5) is 36.5. The fourth-order valence-corrected chi connectivity index (χ4v) is 4.90. The van der Waals surface area contributed by atoms with Gasteiger partial charge in [0, 0.05) is 26.2 Å². The molecule has 0 radical (unpaired) electrons. The highest BCUT2D eigenvalue weighted by Gasteiger charge is 2.35.